The molecule has 178 valence electrons. The monoisotopic (exact) mass is 471 g/mol. The second-order valence-electron chi connectivity index (χ2n) is 9.21. The molecule has 0 radical (unpaired) electrons. The standard InChI is InChI=1S/C25H33N3O4S/c1-15-21(16(2)28(27-15)14-32-12-13-33-3)17-8-10-20(11-9-17)26-24(29)23(25(30)31)22(18-4-5-18)19-6-7-19/h8-11,18-19,22-23H,4-7,12-14H2,1-3H3,(H,26,29)(H,30,31). The van der Waals surface area contributed by atoms with Gasteiger partial charge in [-0.25, -0.2) is 4.68 Å². The molecule has 1 amide bonds. The highest BCUT2D eigenvalue weighted by Crippen LogP contribution is 2.52. The van der Waals surface area contributed by atoms with Gasteiger partial charge >= 0.3 is 5.97 Å². The molecule has 2 aliphatic rings. The van der Waals surface area contributed by atoms with E-state index in [9.17, 15) is 14.7 Å². The number of carbonyl (C=O) groups is 2. The predicted octanol–water partition coefficient (Wildman–Crippen LogP) is 4.58. The largest absolute Gasteiger partial charge is 0.481 e. The van der Waals surface area contributed by atoms with E-state index in [0.29, 0.717) is 30.9 Å². The topological polar surface area (TPSA) is 93.5 Å². The fourth-order valence-corrected chi connectivity index (χ4v) is 5.10. The molecule has 1 aromatic heterocycles. The minimum Gasteiger partial charge on any atom is -0.481 e. The number of hydrogen-bond acceptors (Lipinski definition) is 5. The number of carboxylic acids is 1. The van der Waals surface area contributed by atoms with Gasteiger partial charge in [-0.3, -0.25) is 9.59 Å². The smallest absolute Gasteiger partial charge is 0.316 e. The van der Waals surface area contributed by atoms with Crippen LogP contribution in [0.1, 0.15) is 37.1 Å². The summed E-state index contributed by atoms with van der Waals surface area (Å²) in [7, 11) is 0. The molecule has 1 atom stereocenters. The van der Waals surface area contributed by atoms with Gasteiger partial charge in [-0.2, -0.15) is 16.9 Å². The van der Waals surface area contributed by atoms with E-state index in [1.807, 2.05) is 42.8 Å². The predicted molar refractivity (Wildman–Crippen MR) is 130 cm³/mol. The van der Waals surface area contributed by atoms with Gasteiger partial charge in [0.1, 0.15) is 12.6 Å². The number of nitrogens with zero attached hydrogens (tertiary/aromatic N) is 2. The molecule has 33 heavy (non-hydrogen) atoms. The van der Waals surface area contributed by atoms with Crippen molar-refractivity contribution in [2.24, 2.45) is 23.7 Å². The van der Waals surface area contributed by atoms with Crippen LogP contribution in [0.25, 0.3) is 11.1 Å². The Balaban J connectivity index is 1.44. The zero-order valence-corrected chi connectivity index (χ0v) is 20.4. The van der Waals surface area contributed by atoms with Gasteiger partial charge in [-0.15, -0.1) is 0 Å². The van der Waals surface area contributed by atoms with E-state index in [-0.39, 0.29) is 5.92 Å². The number of rotatable bonds is 12. The van der Waals surface area contributed by atoms with Crippen LogP contribution in [0.5, 0.6) is 0 Å². The van der Waals surface area contributed by atoms with Gasteiger partial charge in [0.25, 0.3) is 0 Å². The number of aryl methyl sites for hydroxylation is 1. The SMILES string of the molecule is CSCCOCn1nc(C)c(-c2ccc(NC(=O)C(C(=O)O)C(C3CC3)C3CC3)cc2)c1C. The van der Waals surface area contributed by atoms with Gasteiger partial charge in [0.15, 0.2) is 0 Å². The number of thioether (sulfide) groups is 1. The number of amides is 1. The van der Waals surface area contributed by atoms with Crippen molar-refractivity contribution >= 4 is 29.3 Å². The fourth-order valence-electron chi connectivity index (χ4n) is 4.82. The van der Waals surface area contributed by atoms with Gasteiger partial charge in [0.2, 0.25) is 5.91 Å². The molecular weight excluding hydrogens is 438 g/mol. The summed E-state index contributed by atoms with van der Waals surface area (Å²) in [5.74, 6) is -0.690. The van der Waals surface area contributed by atoms with Crippen molar-refractivity contribution < 1.29 is 19.4 Å². The third-order valence-electron chi connectivity index (χ3n) is 6.73. The van der Waals surface area contributed by atoms with E-state index >= 15 is 0 Å². The van der Waals surface area contributed by atoms with Gasteiger partial charge in [0, 0.05) is 22.7 Å². The summed E-state index contributed by atoms with van der Waals surface area (Å²) in [6, 6.07) is 7.56. The van der Waals surface area contributed by atoms with Crippen LogP contribution in [-0.2, 0) is 21.1 Å². The molecular formula is C25H33N3O4S. The third-order valence-corrected chi connectivity index (χ3v) is 7.31. The normalized spacial score (nSPS) is 16.7. The van der Waals surface area contributed by atoms with Crippen molar-refractivity contribution in [2.45, 2.75) is 46.3 Å². The van der Waals surface area contributed by atoms with Crippen LogP contribution >= 0.6 is 11.8 Å². The summed E-state index contributed by atoms with van der Waals surface area (Å²) >= 11 is 1.75. The highest BCUT2D eigenvalue weighted by molar-refractivity contribution is 7.98. The summed E-state index contributed by atoms with van der Waals surface area (Å²) in [5.41, 5.74) is 4.61. The number of carbonyl (C=O) groups excluding carboxylic acids is 1. The van der Waals surface area contributed by atoms with Crippen molar-refractivity contribution in [1.82, 2.24) is 9.78 Å². The second-order valence-corrected chi connectivity index (χ2v) is 10.2. The van der Waals surface area contributed by atoms with Crippen LogP contribution in [0, 0.1) is 37.5 Å². The Morgan fingerprint density at radius 3 is 2.36 bits per heavy atom. The molecule has 0 aliphatic heterocycles. The summed E-state index contributed by atoms with van der Waals surface area (Å²) in [6.07, 6.45) is 6.23. The zero-order valence-electron chi connectivity index (χ0n) is 19.5. The van der Waals surface area contributed by atoms with Crippen LogP contribution in [0.3, 0.4) is 0 Å². The molecule has 2 aliphatic carbocycles. The van der Waals surface area contributed by atoms with E-state index in [4.69, 9.17) is 4.74 Å². The molecule has 0 saturated heterocycles. The fraction of sp³-hybridized carbons (Fsp3) is 0.560. The average molecular weight is 472 g/mol. The van der Waals surface area contributed by atoms with Crippen LogP contribution in [0.4, 0.5) is 5.69 Å². The minimum absolute atomic E-state index is 0.0314. The lowest BCUT2D eigenvalue weighted by atomic mass is 9.83. The van der Waals surface area contributed by atoms with Crippen LogP contribution in [0.2, 0.25) is 0 Å². The van der Waals surface area contributed by atoms with Crippen LogP contribution < -0.4 is 5.32 Å². The van der Waals surface area contributed by atoms with E-state index in [1.165, 1.54) is 0 Å². The summed E-state index contributed by atoms with van der Waals surface area (Å²) in [5, 5.41) is 17.3. The molecule has 2 fully saturated rings. The Morgan fingerprint density at radius 1 is 1.18 bits per heavy atom. The number of benzene rings is 1. The van der Waals surface area contributed by atoms with Crippen LogP contribution in [-0.4, -0.2) is 45.4 Å². The number of ether oxygens (including phenoxy) is 1. The number of nitrogens with one attached hydrogen (secondary N) is 1. The van der Waals surface area contributed by atoms with Crippen LogP contribution in [0.15, 0.2) is 24.3 Å². The van der Waals surface area contributed by atoms with E-state index in [0.717, 1.165) is 54.0 Å². The van der Waals surface area contributed by atoms with Gasteiger partial charge in [-0.1, -0.05) is 12.1 Å². The minimum atomic E-state index is -1.01. The summed E-state index contributed by atoms with van der Waals surface area (Å²) < 4.78 is 7.56. The number of aliphatic carboxylic acids is 1. The third kappa shape index (κ3) is 5.61. The first-order chi connectivity index (χ1) is 15.9. The Morgan fingerprint density at radius 2 is 1.82 bits per heavy atom. The van der Waals surface area contributed by atoms with E-state index in [1.54, 1.807) is 11.8 Å². The Labute approximate surface area is 199 Å². The van der Waals surface area contributed by atoms with Crippen molar-refractivity contribution in [3.63, 3.8) is 0 Å². The van der Waals surface area contributed by atoms with Crippen molar-refractivity contribution in [1.29, 1.82) is 0 Å². The quantitative estimate of drug-likeness (QED) is 0.348. The molecule has 0 bridgehead atoms. The molecule has 2 saturated carbocycles. The lowest BCUT2D eigenvalue weighted by Crippen LogP contribution is -2.37. The maximum atomic E-state index is 13.0. The Kier molecular flexibility index (Phi) is 7.44. The number of anilines is 1. The Hall–Kier alpha value is -2.32. The number of carboxylic acid groups (broad SMARTS) is 1. The maximum Gasteiger partial charge on any atom is 0.316 e. The van der Waals surface area contributed by atoms with Gasteiger partial charge in [-0.05, 0) is 81.2 Å². The highest BCUT2D eigenvalue weighted by atomic mass is 32.2. The lowest BCUT2D eigenvalue weighted by Gasteiger charge is -2.23. The lowest BCUT2D eigenvalue weighted by molar-refractivity contribution is -0.148. The maximum absolute atomic E-state index is 13.0. The molecule has 1 heterocycles. The first-order valence-electron chi connectivity index (χ1n) is 11.7. The Bertz CT molecular complexity index is 984. The molecule has 4 rings (SSSR count). The highest BCUT2D eigenvalue weighted by Gasteiger charge is 2.50. The van der Waals surface area contributed by atoms with Gasteiger partial charge in [0.05, 0.1) is 12.3 Å². The van der Waals surface area contributed by atoms with Crippen molar-refractivity contribution in [3.8, 4) is 11.1 Å². The molecule has 7 nitrogen and oxygen atoms in total. The molecule has 1 unspecified atom stereocenters. The molecule has 2 aromatic rings. The first-order valence-corrected chi connectivity index (χ1v) is 13.0. The zero-order chi connectivity index (χ0) is 23.5. The van der Waals surface area contributed by atoms with Crippen molar-refractivity contribution in [2.75, 3.05) is 23.9 Å². The molecule has 2 N–H and O–H groups in total. The first kappa shape index (κ1) is 23.8. The molecule has 0 spiro atoms. The molecule has 1 aromatic carbocycles. The molecule has 8 heteroatoms. The van der Waals surface area contributed by atoms with Gasteiger partial charge < -0.3 is 15.2 Å². The van der Waals surface area contributed by atoms with Crippen molar-refractivity contribution in [3.05, 3.63) is 35.7 Å². The number of aromatic nitrogens is 2. The number of hydrogen-bond donors (Lipinski definition) is 2. The summed E-state index contributed by atoms with van der Waals surface area (Å²) in [6.45, 7) is 5.10. The van der Waals surface area contributed by atoms with E-state index in [2.05, 4.69) is 16.7 Å². The average Bonchev–Trinajstić information content (AvgIpc) is 3.69. The van der Waals surface area contributed by atoms with E-state index < -0.39 is 17.8 Å². The summed E-state index contributed by atoms with van der Waals surface area (Å²) in [4.78, 5) is 24.9. The second kappa shape index (κ2) is 10.3.